The van der Waals surface area contributed by atoms with Crippen LogP contribution in [0.15, 0.2) is 112 Å². The van der Waals surface area contributed by atoms with E-state index in [2.05, 4.69) is 5.32 Å². The SMILES string of the molecule is O=C1C(Cl)=C(N(Cc2ccccc2)Cc2ccccc2)C(=O)C(Cl)=C1NCc1ccccc1. The number of halogens is 2. The summed E-state index contributed by atoms with van der Waals surface area (Å²) in [7, 11) is 0. The Bertz CT molecular complexity index is 1170. The summed E-state index contributed by atoms with van der Waals surface area (Å²) < 4.78 is 0. The highest BCUT2D eigenvalue weighted by Gasteiger charge is 2.36. The minimum absolute atomic E-state index is 0.0265. The van der Waals surface area contributed by atoms with E-state index in [1.165, 1.54) is 0 Å². The van der Waals surface area contributed by atoms with E-state index in [-0.39, 0.29) is 21.5 Å². The number of carbonyl (C=O) groups is 2. The fraction of sp³-hybridized carbons (Fsp3) is 0.111. The minimum Gasteiger partial charge on any atom is -0.376 e. The molecule has 6 heteroatoms. The van der Waals surface area contributed by atoms with Gasteiger partial charge in [0.2, 0.25) is 11.6 Å². The van der Waals surface area contributed by atoms with Crippen molar-refractivity contribution in [1.82, 2.24) is 10.2 Å². The second kappa shape index (κ2) is 10.5. The van der Waals surface area contributed by atoms with E-state index in [1.54, 1.807) is 0 Å². The minimum atomic E-state index is -0.488. The number of allylic oxidation sites excluding steroid dienone is 2. The van der Waals surface area contributed by atoms with Gasteiger partial charge < -0.3 is 10.2 Å². The average Bonchev–Trinajstić information content (AvgIpc) is 2.85. The molecule has 1 N–H and O–H groups in total. The number of nitrogens with one attached hydrogen (secondary N) is 1. The number of carbonyl (C=O) groups excluding carboxylic acids is 2. The first-order chi connectivity index (χ1) is 16.0. The van der Waals surface area contributed by atoms with Gasteiger partial charge in [0.05, 0.1) is 0 Å². The summed E-state index contributed by atoms with van der Waals surface area (Å²) in [5, 5.41) is 2.71. The maximum Gasteiger partial charge on any atom is 0.224 e. The van der Waals surface area contributed by atoms with Crippen LogP contribution in [0.1, 0.15) is 16.7 Å². The molecule has 3 aromatic carbocycles. The molecular weight excluding hydrogens is 455 g/mol. The summed E-state index contributed by atoms with van der Waals surface area (Å²) in [6.45, 7) is 1.15. The molecule has 0 heterocycles. The molecule has 0 saturated heterocycles. The molecule has 33 heavy (non-hydrogen) atoms. The predicted molar refractivity (Wildman–Crippen MR) is 131 cm³/mol. The van der Waals surface area contributed by atoms with Crippen LogP contribution >= 0.6 is 23.2 Å². The summed E-state index contributed by atoms with van der Waals surface area (Å²) in [4.78, 5) is 28.3. The second-order valence-corrected chi connectivity index (χ2v) is 8.43. The van der Waals surface area contributed by atoms with E-state index in [4.69, 9.17) is 23.2 Å². The zero-order chi connectivity index (χ0) is 23.2. The van der Waals surface area contributed by atoms with Crippen LogP contribution in [0.4, 0.5) is 0 Å². The lowest BCUT2D eigenvalue weighted by Crippen LogP contribution is -2.35. The number of hydrogen-bond donors (Lipinski definition) is 1. The molecule has 0 aliphatic heterocycles. The molecule has 0 fully saturated rings. The van der Waals surface area contributed by atoms with Gasteiger partial charge in [0, 0.05) is 19.6 Å². The van der Waals surface area contributed by atoms with Crippen LogP contribution in [0.5, 0.6) is 0 Å². The Morgan fingerprint density at radius 3 is 1.55 bits per heavy atom. The van der Waals surface area contributed by atoms with Crippen molar-refractivity contribution in [3.63, 3.8) is 0 Å². The lowest BCUT2D eigenvalue weighted by molar-refractivity contribution is -0.117. The predicted octanol–water partition coefficient (Wildman–Crippen LogP) is 5.53. The molecule has 0 spiro atoms. The quantitative estimate of drug-likeness (QED) is 0.434. The molecule has 0 bridgehead atoms. The van der Waals surface area contributed by atoms with Crippen LogP contribution in [0.2, 0.25) is 0 Å². The third-order valence-electron chi connectivity index (χ3n) is 5.33. The van der Waals surface area contributed by atoms with Gasteiger partial charge in [0.15, 0.2) is 0 Å². The number of nitrogens with zero attached hydrogens (tertiary/aromatic N) is 1. The third kappa shape index (κ3) is 5.36. The highest BCUT2D eigenvalue weighted by atomic mass is 35.5. The van der Waals surface area contributed by atoms with Gasteiger partial charge in [0.1, 0.15) is 21.5 Å². The molecule has 0 unspecified atom stereocenters. The largest absolute Gasteiger partial charge is 0.376 e. The van der Waals surface area contributed by atoms with Crippen LogP contribution in [0.25, 0.3) is 0 Å². The lowest BCUT2D eigenvalue weighted by atomic mass is 10.0. The van der Waals surface area contributed by atoms with Crippen LogP contribution in [-0.4, -0.2) is 16.5 Å². The lowest BCUT2D eigenvalue weighted by Gasteiger charge is -2.30. The second-order valence-electron chi connectivity index (χ2n) is 7.68. The van der Waals surface area contributed by atoms with E-state index in [1.807, 2.05) is 95.9 Å². The molecule has 0 amide bonds. The Morgan fingerprint density at radius 1 is 0.606 bits per heavy atom. The fourth-order valence-corrected chi connectivity index (χ4v) is 4.22. The van der Waals surface area contributed by atoms with Gasteiger partial charge in [-0.2, -0.15) is 0 Å². The van der Waals surface area contributed by atoms with E-state index >= 15 is 0 Å². The number of ketones is 2. The molecule has 0 radical (unpaired) electrons. The van der Waals surface area contributed by atoms with Crippen LogP contribution in [0, 0.1) is 0 Å². The van der Waals surface area contributed by atoms with Crippen molar-refractivity contribution < 1.29 is 9.59 Å². The number of hydrogen-bond acceptors (Lipinski definition) is 4. The maximum atomic E-state index is 13.4. The van der Waals surface area contributed by atoms with Crippen molar-refractivity contribution in [2.24, 2.45) is 0 Å². The smallest absolute Gasteiger partial charge is 0.224 e. The Labute approximate surface area is 203 Å². The van der Waals surface area contributed by atoms with Gasteiger partial charge in [-0.1, -0.05) is 114 Å². The van der Waals surface area contributed by atoms with Crippen molar-refractivity contribution in [3.8, 4) is 0 Å². The maximum absolute atomic E-state index is 13.4. The molecule has 0 aromatic heterocycles. The Kier molecular flexibility index (Phi) is 7.28. The first-order valence-electron chi connectivity index (χ1n) is 10.5. The normalized spacial score (nSPS) is 14.0. The molecular formula is C27H22Cl2N2O2. The standard InChI is InChI=1S/C27H22Cl2N2O2/c28-22-24(30-16-19-10-4-1-5-11-19)26(32)23(29)25(27(22)33)31(17-20-12-6-2-7-13-20)18-21-14-8-3-9-15-21/h1-15,30H,16-18H2. The Morgan fingerprint density at radius 2 is 1.06 bits per heavy atom. The number of benzene rings is 3. The zero-order valence-corrected chi connectivity index (χ0v) is 19.3. The third-order valence-corrected chi connectivity index (χ3v) is 6.04. The van der Waals surface area contributed by atoms with Gasteiger partial charge in [-0.25, -0.2) is 0 Å². The van der Waals surface area contributed by atoms with Gasteiger partial charge in [-0.3, -0.25) is 9.59 Å². The van der Waals surface area contributed by atoms with Crippen molar-refractivity contribution in [3.05, 3.63) is 129 Å². The molecule has 166 valence electrons. The molecule has 4 nitrogen and oxygen atoms in total. The Hall–Kier alpha value is -3.34. The summed E-state index contributed by atoms with van der Waals surface area (Å²) in [6.07, 6.45) is 0. The Balaban J connectivity index is 1.64. The monoisotopic (exact) mass is 476 g/mol. The van der Waals surface area contributed by atoms with Crippen LogP contribution in [-0.2, 0) is 29.2 Å². The van der Waals surface area contributed by atoms with Gasteiger partial charge in [0.25, 0.3) is 0 Å². The van der Waals surface area contributed by atoms with Crippen molar-refractivity contribution in [2.45, 2.75) is 19.6 Å². The number of rotatable bonds is 8. The topological polar surface area (TPSA) is 49.4 Å². The van der Waals surface area contributed by atoms with Crippen LogP contribution in [0.3, 0.4) is 0 Å². The van der Waals surface area contributed by atoms with Gasteiger partial charge in [-0.15, -0.1) is 0 Å². The summed E-state index contributed by atoms with van der Waals surface area (Å²) in [5.41, 5.74) is 3.07. The highest BCUT2D eigenvalue weighted by Crippen LogP contribution is 2.32. The molecule has 0 saturated carbocycles. The van der Waals surface area contributed by atoms with E-state index in [0.29, 0.717) is 19.6 Å². The highest BCUT2D eigenvalue weighted by molar-refractivity contribution is 6.55. The van der Waals surface area contributed by atoms with Crippen molar-refractivity contribution in [2.75, 3.05) is 0 Å². The molecule has 0 atom stereocenters. The van der Waals surface area contributed by atoms with Gasteiger partial charge >= 0.3 is 0 Å². The van der Waals surface area contributed by atoms with E-state index in [0.717, 1.165) is 16.7 Å². The van der Waals surface area contributed by atoms with E-state index < -0.39 is 11.6 Å². The average molecular weight is 477 g/mol. The first kappa shape index (κ1) is 22.8. The summed E-state index contributed by atoms with van der Waals surface area (Å²) >= 11 is 13.0. The van der Waals surface area contributed by atoms with Crippen molar-refractivity contribution >= 4 is 34.8 Å². The molecule has 1 aliphatic rings. The van der Waals surface area contributed by atoms with Gasteiger partial charge in [-0.05, 0) is 16.7 Å². The van der Waals surface area contributed by atoms with E-state index in [9.17, 15) is 9.59 Å². The van der Waals surface area contributed by atoms with Crippen molar-refractivity contribution in [1.29, 1.82) is 0 Å². The zero-order valence-electron chi connectivity index (χ0n) is 17.8. The number of Topliss-reactive ketones (excluding diaryl/α,β-unsaturated/α-hetero) is 2. The van der Waals surface area contributed by atoms with Crippen LogP contribution < -0.4 is 5.32 Å². The summed E-state index contributed by atoms with van der Waals surface area (Å²) in [5.74, 6) is -0.956. The fourth-order valence-electron chi connectivity index (χ4n) is 3.68. The molecule has 4 rings (SSSR count). The molecule has 1 aliphatic carbocycles. The molecule has 3 aromatic rings. The first-order valence-corrected chi connectivity index (χ1v) is 11.3. The summed E-state index contributed by atoms with van der Waals surface area (Å²) in [6, 6.07) is 29.0.